The highest BCUT2D eigenvalue weighted by atomic mass is 35.5. The molecule has 0 fully saturated rings. The van der Waals surface area contributed by atoms with E-state index >= 15 is 0 Å². The van der Waals surface area contributed by atoms with Gasteiger partial charge in [0.1, 0.15) is 0 Å². The summed E-state index contributed by atoms with van der Waals surface area (Å²) in [6.45, 7) is 1.82. The van der Waals surface area contributed by atoms with E-state index in [9.17, 15) is 8.42 Å². The van der Waals surface area contributed by atoms with Crippen molar-refractivity contribution in [3.8, 4) is 0 Å². The Morgan fingerprint density at radius 3 is 2.33 bits per heavy atom. The van der Waals surface area contributed by atoms with E-state index in [0.29, 0.717) is 0 Å². The number of halogens is 1. The third-order valence-corrected chi connectivity index (χ3v) is 3.06. The van der Waals surface area contributed by atoms with Crippen LogP contribution >= 0.6 is 11.6 Å². The first-order chi connectivity index (χ1) is 5.41. The predicted molar refractivity (Wildman–Crippen MR) is 49.3 cm³/mol. The molecule has 0 saturated carbocycles. The van der Waals surface area contributed by atoms with Gasteiger partial charge in [0.15, 0.2) is 9.84 Å². The van der Waals surface area contributed by atoms with Crippen LogP contribution in [-0.4, -0.2) is 14.7 Å². The Kier molecular flexibility index (Phi) is 2.44. The molecule has 1 rings (SSSR count). The third-order valence-electron chi connectivity index (χ3n) is 1.49. The second-order valence-electron chi connectivity index (χ2n) is 2.71. The number of benzene rings is 1. The second kappa shape index (κ2) is 3.07. The fourth-order valence-electron chi connectivity index (χ4n) is 0.895. The summed E-state index contributed by atoms with van der Waals surface area (Å²) in [5.74, 6) is 0. The fourth-order valence-corrected chi connectivity index (χ4v) is 2.25. The molecule has 12 heavy (non-hydrogen) atoms. The summed E-state index contributed by atoms with van der Waals surface area (Å²) in [6.07, 6.45) is 1.15. The van der Waals surface area contributed by atoms with Crippen LogP contribution in [0, 0.1) is 6.92 Å². The van der Waals surface area contributed by atoms with Crippen LogP contribution in [-0.2, 0) is 9.84 Å². The van der Waals surface area contributed by atoms with Crippen LogP contribution in [0.4, 0.5) is 0 Å². The van der Waals surface area contributed by atoms with Crippen molar-refractivity contribution in [3.05, 3.63) is 28.8 Å². The highest BCUT2D eigenvalue weighted by molar-refractivity contribution is 7.90. The molecule has 0 saturated heterocycles. The lowest BCUT2D eigenvalue weighted by atomic mass is 10.2. The van der Waals surface area contributed by atoms with E-state index in [-0.39, 0.29) is 9.92 Å². The van der Waals surface area contributed by atoms with Gasteiger partial charge in [0.05, 0.1) is 9.92 Å². The largest absolute Gasteiger partial charge is 0.224 e. The number of hydrogen-bond donors (Lipinski definition) is 0. The first-order valence-corrected chi connectivity index (χ1v) is 5.64. The van der Waals surface area contributed by atoms with Gasteiger partial charge in [0, 0.05) is 6.26 Å². The molecule has 66 valence electrons. The highest BCUT2D eigenvalue weighted by Gasteiger charge is 2.11. The van der Waals surface area contributed by atoms with Crippen LogP contribution in [0.2, 0.25) is 5.02 Å². The fraction of sp³-hybridized carbons (Fsp3) is 0.250. The molecule has 0 aliphatic carbocycles. The summed E-state index contributed by atoms with van der Waals surface area (Å²) in [5, 5.41) is 0.281. The molecule has 0 spiro atoms. The maximum Gasteiger partial charge on any atom is 0.177 e. The van der Waals surface area contributed by atoms with Crippen LogP contribution in [0.1, 0.15) is 5.56 Å². The van der Waals surface area contributed by atoms with E-state index < -0.39 is 9.84 Å². The smallest absolute Gasteiger partial charge is 0.177 e. The van der Waals surface area contributed by atoms with Gasteiger partial charge in [-0.2, -0.15) is 0 Å². The van der Waals surface area contributed by atoms with E-state index in [0.717, 1.165) is 11.8 Å². The minimum Gasteiger partial charge on any atom is -0.224 e. The Bertz CT molecular complexity index is 396. The molecule has 0 radical (unpaired) electrons. The van der Waals surface area contributed by atoms with Crippen molar-refractivity contribution in [2.75, 3.05) is 6.26 Å². The molecule has 0 bridgehead atoms. The normalized spacial score (nSPS) is 11.6. The van der Waals surface area contributed by atoms with E-state index in [4.69, 9.17) is 11.6 Å². The molecule has 0 heterocycles. The molecule has 0 amide bonds. The van der Waals surface area contributed by atoms with Crippen LogP contribution in [0.5, 0.6) is 0 Å². The highest BCUT2D eigenvalue weighted by Crippen LogP contribution is 2.21. The minimum absolute atomic E-state index is 0.198. The zero-order valence-electron chi connectivity index (χ0n) is 6.83. The Morgan fingerprint density at radius 1 is 1.33 bits per heavy atom. The molecule has 1 aromatic rings. The maximum atomic E-state index is 11.1. The minimum atomic E-state index is -3.19. The van der Waals surface area contributed by atoms with Crippen molar-refractivity contribution in [1.82, 2.24) is 0 Å². The Morgan fingerprint density at radius 2 is 1.92 bits per heavy atom. The molecule has 0 aliphatic heterocycles. The van der Waals surface area contributed by atoms with Crippen LogP contribution < -0.4 is 0 Å². The van der Waals surface area contributed by atoms with Crippen molar-refractivity contribution < 1.29 is 8.42 Å². The zero-order valence-corrected chi connectivity index (χ0v) is 8.41. The standard InChI is InChI=1S/C8H9ClO2S/c1-6-3-4-7(9)8(5-6)12(2,10)11/h3-5H,1-2H3. The van der Waals surface area contributed by atoms with Crippen LogP contribution in [0.3, 0.4) is 0 Å². The van der Waals surface area contributed by atoms with Gasteiger partial charge >= 0.3 is 0 Å². The second-order valence-corrected chi connectivity index (χ2v) is 5.10. The van der Waals surface area contributed by atoms with Gasteiger partial charge in [-0.1, -0.05) is 17.7 Å². The molecule has 4 heteroatoms. The predicted octanol–water partition coefficient (Wildman–Crippen LogP) is 2.05. The number of rotatable bonds is 1. The summed E-state index contributed by atoms with van der Waals surface area (Å²) >= 11 is 5.70. The first-order valence-electron chi connectivity index (χ1n) is 3.37. The van der Waals surface area contributed by atoms with Crippen LogP contribution in [0.25, 0.3) is 0 Å². The summed E-state index contributed by atoms with van der Waals surface area (Å²) in [4.78, 5) is 0.198. The number of aryl methyl sites for hydroxylation is 1. The lowest BCUT2D eigenvalue weighted by molar-refractivity contribution is 0.602. The van der Waals surface area contributed by atoms with Crippen molar-refractivity contribution in [3.63, 3.8) is 0 Å². The van der Waals surface area contributed by atoms with E-state index in [1.807, 2.05) is 6.92 Å². The molecule has 0 N–H and O–H groups in total. The Hall–Kier alpha value is -0.540. The molecule has 0 aromatic heterocycles. The lowest BCUT2D eigenvalue weighted by Crippen LogP contribution is -1.98. The van der Waals surface area contributed by atoms with Crippen molar-refractivity contribution in [1.29, 1.82) is 0 Å². The van der Waals surface area contributed by atoms with Gasteiger partial charge in [-0.3, -0.25) is 0 Å². The monoisotopic (exact) mass is 204 g/mol. The molecule has 0 atom stereocenters. The van der Waals surface area contributed by atoms with E-state index in [1.54, 1.807) is 18.2 Å². The van der Waals surface area contributed by atoms with E-state index in [1.165, 1.54) is 0 Å². The zero-order chi connectivity index (χ0) is 9.35. The number of hydrogen-bond acceptors (Lipinski definition) is 2. The van der Waals surface area contributed by atoms with Crippen LogP contribution in [0.15, 0.2) is 23.1 Å². The first kappa shape index (κ1) is 9.55. The van der Waals surface area contributed by atoms with Gasteiger partial charge in [-0.25, -0.2) is 8.42 Å². The quantitative estimate of drug-likeness (QED) is 0.702. The average Bonchev–Trinajstić information content (AvgIpc) is 1.92. The van der Waals surface area contributed by atoms with Gasteiger partial charge in [0.2, 0.25) is 0 Å². The van der Waals surface area contributed by atoms with Gasteiger partial charge in [-0.15, -0.1) is 0 Å². The van der Waals surface area contributed by atoms with Gasteiger partial charge in [-0.05, 0) is 24.6 Å². The molecule has 0 aliphatic rings. The maximum absolute atomic E-state index is 11.1. The lowest BCUT2D eigenvalue weighted by Gasteiger charge is -2.01. The summed E-state index contributed by atoms with van der Waals surface area (Å²) in [7, 11) is -3.19. The molecule has 0 unspecified atom stereocenters. The molecule has 1 aromatic carbocycles. The van der Waals surface area contributed by atoms with Gasteiger partial charge < -0.3 is 0 Å². The Balaban J connectivity index is 3.43. The van der Waals surface area contributed by atoms with Crippen molar-refractivity contribution in [2.45, 2.75) is 11.8 Å². The van der Waals surface area contributed by atoms with E-state index in [2.05, 4.69) is 0 Å². The topological polar surface area (TPSA) is 34.1 Å². The molecule has 2 nitrogen and oxygen atoms in total. The summed E-state index contributed by atoms with van der Waals surface area (Å²) in [6, 6.07) is 4.93. The number of sulfone groups is 1. The Labute approximate surface area is 77.1 Å². The van der Waals surface area contributed by atoms with Gasteiger partial charge in [0.25, 0.3) is 0 Å². The molecular weight excluding hydrogens is 196 g/mol. The average molecular weight is 205 g/mol. The summed E-state index contributed by atoms with van der Waals surface area (Å²) in [5.41, 5.74) is 0.889. The van der Waals surface area contributed by atoms with Crippen molar-refractivity contribution >= 4 is 21.4 Å². The van der Waals surface area contributed by atoms with Crippen molar-refractivity contribution in [2.24, 2.45) is 0 Å². The SMILES string of the molecule is Cc1ccc(Cl)c(S(C)(=O)=O)c1. The third kappa shape index (κ3) is 1.99. The summed E-state index contributed by atoms with van der Waals surface area (Å²) < 4.78 is 22.2. The molecular formula is C8H9ClO2S.